The summed E-state index contributed by atoms with van der Waals surface area (Å²) in [5.41, 5.74) is 3.33. The van der Waals surface area contributed by atoms with Gasteiger partial charge in [-0.3, -0.25) is 4.98 Å². The van der Waals surface area contributed by atoms with Gasteiger partial charge in [0.25, 0.3) is 0 Å². The van der Waals surface area contributed by atoms with Gasteiger partial charge >= 0.3 is 0 Å². The van der Waals surface area contributed by atoms with E-state index in [2.05, 4.69) is 30.8 Å². The molecule has 0 aromatic carbocycles. The minimum Gasteiger partial charge on any atom is -0.367 e. The SMILES string of the molecule is Cc1cc(N2CCN(c3ncncc3Cl)CC2)c(C#N)c(C)n1. The molecule has 0 spiro atoms. The van der Waals surface area contributed by atoms with Gasteiger partial charge in [-0.2, -0.15) is 5.26 Å². The Morgan fingerprint density at radius 3 is 2.52 bits per heavy atom. The molecule has 1 aliphatic rings. The van der Waals surface area contributed by atoms with Gasteiger partial charge in [0, 0.05) is 31.9 Å². The van der Waals surface area contributed by atoms with Gasteiger partial charge in [0.05, 0.1) is 23.1 Å². The van der Waals surface area contributed by atoms with Crippen molar-refractivity contribution >= 4 is 23.1 Å². The highest BCUT2D eigenvalue weighted by Crippen LogP contribution is 2.27. The predicted octanol–water partition coefficient (Wildman–Crippen LogP) is 2.34. The Hall–Kier alpha value is -2.39. The number of pyridine rings is 1. The van der Waals surface area contributed by atoms with Gasteiger partial charge in [-0.1, -0.05) is 11.6 Å². The van der Waals surface area contributed by atoms with E-state index in [1.54, 1.807) is 6.20 Å². The number of halogens is 1. The van der Waals surface area contributed by atoms with E-state index in [0.29, 0.717) is 10.6 Å². The molecule has 0 unspecified atom stereocenters. The van der Waals surface area contributed by atoms with Crippen molar-refractivity contribution in [2.75, 3.05) is 36.0 Å². The Kier molecular flexibility index (Phi) is 4.30. The van der Waals surface area contributed by atoms with E-state index in [1.807, 2.05) is 19.9 Å². The molecule has 0 saturated carbocycles. The average molecular weight is 329 g/mol. The van der Waals surface area contributed by atoms with Crippen molar-refractivity contribution < 1.29 is 0 Å². The third kappa shape index (κ3) is 3.06. The summed E-state index contributed by atoms with van der Waals surface area (Å²) < 4.78 is 0. The minimum atomic E-state index is 0.564. The Balaban J connectivity index is 1.80. The Morgan fingerprint density at radius 1 is 1.17 bits per heavy atom. The Bertz CT molecular complexity index is 762. The molecule has 0 bridgehead atoms. The van der Waals surface area contributed by atoms with Gasteiger partial charge in [-0.05, 0) is 19.9 Å². The molecule has 23 heavy (non-hydrogen) atoms. The number of anilines is 2. The summed E-state index contributed by atoms with van der Waals surface area (Å²) in [6.07, 6.45) is 3.12. The summed E-state index contributed by atoms with van der Waals surface area (Å²) in [5.74, 6) is 0.768. The Labute approximate surface area is 140 Å². The molecule has 3 rings (SSSR count). The highest BCUT2D eigenvalue weighted by atomic mass is 35.5. The molecule has 0 radical (unpaired) electrons. The van der Waals surface area contributed by atoms with E-state index in [4.69, 9.17) is 11.6 Å². The summed E-state index contributed by atoms with van der Waals surface area (Å²) >= 11 is 6.17. The van der Waals surface area contributed by atoms with Crippen LogP contribution in [-0.2, 0) is 0 Å². The number of nitriles is 1. The molecule has 3 heterocycles. The van der Waals surface area contributed by atoms with Crippen molar-refractivity contribution in [3.63, 3.8) is 0 Å². The first-order valence-electron chi connectivity index (χ1n) is 7.44. The molecule has 118 valence electrons. The van der Waals surface area contributed by atoms with Crippen LogP contribution in [0.15, 0.2) is 18.6 Å². The number of piperazine rings is 1. The van der Waals surface area contributed by atoms with Crippen molar-refractivity contribution in [3.05, 3.63) is 40.6 Å². The maximum Gasteiger partial charge on any atom is 0.150 e. The zero-order valence-electron chi connectivity index (χ0n) is 13.1. The molecule has 0 N–H and O–H groups in total. The molecular weight excluding hydrogens is 312 g/mol. The van der Waals surface area contributed by atoms with Gasteiger partial charge in [-0.25, -0.2) is 9.97 Å². The molecule has 1 aliphatic heterocycles. The quantitative estimate of drug-likeness (QED) is 0.842. The predicted molar refractivity (Wildman–Crippen MR) is 89.9 cm³/mol. The third-order valence-electron chi connectivity index (χ3n) is 3.99. The first-order valence-corrected chi connectivity index (χ1v) is 7.81. The van der Waals surface area contributed by atoms with Crippen LogP contribution in [0.25, 0.3) is 0 Å². The fourth-order valence-corrected chi connectivity index (χ4v) is 3.12. The van der Waals surface area contributed by atoms with Gasteiger partial charge in [0.1, 0.15) is 17.4 Å². The van der Waals surface area contributed by atoms with E-state index in [1.165, 1.54) is 6.33 Å². The second-order valence-electron chi connectivity index (χ2n) is 5.52. The maximum atomic E-state index is 9.43. The normalized spacial score (nSPS) is 14.7. The average Bonchev–Trinajstić information content (AvgIpc) is 2.55. The molecule has 1 fully saturated rings. The first-order chi connectivity index (χ1) is 11.1. The number of aromatic nitrogens is 3. The lowest BCUT2D eigenvalue weighted by molar-refractivity contribution is 0.645. The van der Waals surface area contributed by atoms with Crippen LogP contribution in [0.5, 0.6) is 0 Å². The number of rotatable bonds is 2. The summed E-state index contributed by atoms with van der Waals surface area (Å²) in [6.45, 7) is 7.03. The van der Waals surface area contributed by atoms with Crippen LogP contribution in [0, 0.1) is 25.2 Å². The van der Waals surface area contributed by atoms with Crippen LogP contribution in [0.4, 0.5) is 11.5 Å². The fourth-order valence-electron chi connectivity index (χ4n) is 2.89. The monoisotopic (exact) mass is 328 g/mol. The smallest absolute Gasteiger partial charge is 0.150 e. The Morgan fingerprint density at radius 2 is 1.87 bits per heavy atom. The van der Waals surface area contributed by atoms with E-state index in [0.717, 1.165) is 49.1 Å². The summed E-state index contributed by atoms with van der Waals surface area (Å²) in [6, 6.07) is 4.27. The van der Waals surface area contributed by atoms with Crippen molar-refractivity contribution in [2.45, 2.75) is 13.8 Å². The van der Waals surface area contributed by atoms with Crippen LogP contribution in [0.1, 0.15) is 17.0 Å². The fraction of sp³-hybridized carbons (Fsp3) is 0.375. The molecule has 2 aromatic rings. The largest absolute Gasteiger partial charge is 0.367 e. The van der Waals surface area contributed by atoms with Crippen LogP contribution < -0.4 is 9.80 Å². The van der Waals surface area contributed by atoms with Crippen LogP contribution in [0.3, 0.4) is 0 Å². The van der Waals surface area contributed by atoms with Crippen LogP contribution >= 0.6 is 11.6 Å². The second-order valence-corrected chi connectivity index (χ2v) is 5.93. The van der Waals surface area contributed by atoms with Gasteiger partial charge in [-0.15, -0.1) is 0 Å². The van der Waals surface area contributed by atoms with E-state index in [9.17, 15) is 5.26 Å². The highest BCUT2D eigenvalue weighted by molar-refractivity contribution is 6.32. The number of hydrogen-bond donors (Lipinski definition) is 0. The molecule has 2 aromatic heterocycles. The number of nitrogens with zero attached hydrogens (tertiary/aromatic N) is 6. The van der Waals surface area contributed by atoms with Crippen molar-refractivity contribution in [3.8, 4) is 6.07 Å². The number of hydrogen-bond acceptors (Lipinski definition) is 6. The summed E-state index contributed by atoms with van der Waals surface area (Å²) in [5, 5.41) is 9.99. The highest BCUT2D eigenvalue weighted by Gasteiger charge is 2.22. The zero-order valence-corrected chi connectivity index (χ0v) is 13.9. The van der Waals surface area contributed by atoms with E-state index >= 15 is 0 Å². The topological polar surface area (TPSA) is 68.9 Å². The van der Waals surface area contributed by atoms with Crippen molar-refractivity contribution in [1.29, 1.82) is 5.26 Å². The number of aryl methyl sites for hydroxylation is 2. The molecule has 0 aliphatic carbocycles. The second kappa shape index (κ2) is 6.39. The molecular formula is C16H17ClN6. The maximum absolute atomic E-state index is 9.43. The summed E-state index contributed by atoms with van der Waals surface area (Å²) in [7, 11) is 0. The minimum absolute atomic E-state index is 0.564. The van der Waals surface area contributed by atoms with E-state index in [-0.39, 0.29) is 0 Å². The third-order valence-corrected chi connectivity index (χ3v) is 4.25. The lowest BCUT2D eigenvalue weighted by Crippen LogP contribution is -2.47. The van der Waals surface area contributed by atoms with Crippen LogP contribution in [-0.4, -0.2) is 41.1 Å². The molecule has 7 heteroatoms. The zero-order chi connectivity index (χ0) is 16.4. The lowest BCUT2D eigenvalue weighted by Gasteiger charge is -2.37. The van der Waals surface area contributed by atoms with Gasteiger partial charge in [0.2, 0.25) is 0 Å². The van der Waals surface area contributed by atoms with Crippen molar-refractivity contribution in [1.82, 2.24) is 15.0 Å². The van der Waals surface area contributed by atoms with Gasteiger partial charge in [0.15, 0.2) is 5.82 Å². The summed E-state index contributed by atoms with van der Waals surface area (Å²) in [4.78, 5) is 16.9. The lowest BCUT2D eigenvalue weighted by atomic mass is 10.1. The van der Waals surface area contributed by atoms with Crippen LogP contribution in [0.2, 0.25) is 5.02 Å². The molecule has 6 nitrogen and oxygen atoms in total. The molecule has 1 saturated heterocycles. The van der Waals surface area contributed by atoms with Gasteiger partial charge < -0.3 is 9.80 Å². The first kappa shape index (κ1) is 15.5. The standard InChI is InChI=1S/C16H17ClN6/c1-11-7-15(13(8-18)12(2)21-11)22-3-5-23(6-4-22)16-14(17)9-19-10-20-16/h7,9-10H,3-6H2,1-2H3. The molecule has 0 amide bonds. The van der Waals surface area contributed by atoms with E-state index < -0.39 is 0 Å². The molecule has 0 atom stereocenters. The van der Waals surface area contributed by atoms with Crippen molar-refractivity contribution in [2.24, 2.45) is 0 Å².